The summed E-state index contributed by atoms with van der Waals surface area (Å²) in [4.78, 5) is 2.38. The summed E-state index contributed by atoms with van der Waals surface area (Å²) in [5, 5.41) is 12.1. The first-order chi connectivity index (χ1) is 31.2. The summed E-state index contributed by atoms with van der Waals surface area (Å²) in [6.07, 6.45) is 0. The van der Waals surface area contributed by atoms with Gasteiger partial charge in [-0.1, -0.05) is 176 Å². The number of hydrogen-bond acceptors (Lipinski definition) is 3. The zero-order valence-corrected chi connectivity index (χ0v) is 34.9. The lowest BCUT2D eigenvalue weighted by atomic mass is 9.92. The van der Waals surface area contributed by atoms with Crippen LogP contribution in [0.15, 0.2) is 229 Å². The molecule has 13 aromatic rings. The SMILES string of the molecule is c1ccc(-c2ccc(-c3ccc(N(c4ccc(-c5ccc6ccccc6c5)cc4)c4ccc5ccc6ccccc6c5c4)c4oc5ccccc5c34)c3c2sc2ccccc23)cc1. The first-order valence-corrected chi connectivity index (χ1v) is 22.3. The van der Waals surface area contributed by atoms with Gasteiger partial charge in [-0.15, -0.1) is 11.3 Å². The number of furan rings is 1. The van der Waals surface area contributed by atoms with Crippen molar-refractivity contribution >= 4 is 103 Å². The van der Waals surface area contributed by atoms with Gasteiger partial charge in [-0.05, 0) is 114 Å². The first-order valence-electron chi connectivity index (χ1n) is 21.5. The molecule has 2 nitrogen and oxygen atoms in total. The van der Waals surface area contributed by atoms with Gasteiger partial charge in [-0.2, -0.15) is 0 Å². The molecule has 0 aliphatic heterocycles. The fraction of sp³-hybridized carbons (Fsp3) is 0. The van der Waals surface area contributed by atoms with Gasteiger partial charge >= 0.3 is 0 Å². The Morgan fingerprint density at radius 3 is 1.81 bits per heavy atom. The highest BCUT2D eigenvalue weighted by molar-refractivity contribution is 7.26. The molecule has 63 heavy (non-hydrogen) atoms. The molecule has 0 saturated heterocycles. The standard InChI is InChI=1S/C60H37NOS/c1-2-13-40(14-3-1)48-32-33-50(58-52-19-9-11-21-56(52)63-60(48)58)49-34-35-54(59-57(49)51-18-8-10-20-55(51)62-59)61(46-31-28-42-24-23-41-15-6-7-17-47(41)53(42)37-46)45-29-26-39(27-30-45)44-25-22-38-12-4-5-16-43(38)36-44/h1-37H. The molecule has 0 amide bonds. The second-order valence-electron chi connectivity index (χ2n) is 16.4. The third-order valence-electron chi connectivity index (χ3n) is 12.8. The summed E-state index contributed by atoms with van der Waals surface area (Å²) in [6.45, 7) is 0. The molecule has 11 aromatic carbocycles. The lowest BCUT2D eigenvalue weighted by Gasteiger charge is -2.27. The van der Waals surface area contributed by atoms with Crippen molar-refractivity contribution in [3.8, 4) is 33.4 Å². The van der Waals surface area contributed by atoms with Crippen molar-refractivity contribution < 1.29 is 4.42 Å². The highest BCUT2D eigenvalue weighted by atomic mass is 32.1. The summed E-state index contributed by atoms with van der Waals surface area (Å²) in [5.41, 5.74) is 12.0. The Morgan fingerprint density at radius 1 is 0.349 bits per heavy atom. The number of rotatable bonds is 6. The number of hydrogen-bond donors (Lipinski definition) is 0. The monoisotopic (exact) mass is 819 g/mol. The third kappa shape index (κ3) is 5.78. The van der Waals surface area contributed by atoms with Crippen molar-refractivity contribution in [3.05, 3.63) is 224 Å². The number of anilines is 3. The highest BCUT2D eigenvalue weighted by Gasteiger charge is 2.25. The van der Waals surface area contributed by atoms with Crippen LogP contribution < -0.4 is 4.90 Å². The van der Waals surface area contributed by atoms with Crippen LogP contribution in [0, 0.1) is 0 Å². The summed E-state index contributed by atoms with van der Waals surface area (Å²) >= 11 is 1.88. The molecule has 0 aliphatic rings. The predicted molar refractivity (Wildman–Crippen MR) is 270 cm³/mol. The van der Waals surface area contributed by atoms with Crippen LogP contribution in [0.3, 0.4) is 0 Å². The van der Waals surface area contributed by atoms with Gasteiger partial charge in [0.2, 0.25) is 0 Å². The fourth-order valence-electron chi connectivity index (χ4n) is 9.84. The Hall–Kier alpha value is -7.98. The van der Waals surface area contributed by atoms with Crippen molar-refractivity contribution in [1.82, 2.24) is 0 Å². The third-order valence-corrected chi connectivity index (χ3v) is 14.0. The number of nitrogens with zero attached hydrogens (tertiary/aromatic N) is 1. The molecule has 0 fully saturated rings. The average molecular weight is 820 g/mol. The minimum Gasteiger partial charge on any atom is -0.454 e. The van der Waals surface area contributed by atoms with Crippen LogP contribution in [-0.2, 0) is 0 Å². The van der Waals surface area contributed by atoms with Crippen LogP contribution in [0.2, 0.25) is 0 Å². The van der Waals surface area contributed by atoms with Crippen LogP contribution in [0.4, 0.5) is 17.1 Å². The molecular formula is C60H37NOS. The van der Waals surface area contributed by atoms with Gasteiger partial charge in [0.05, 0.1) is 5.69 Å². The lowest BCUT2D eigenvalue weighted by molar-refractivity contribution is 0.669. The first kappa shape index (κ1) is 35.7. The minimum atomic E-state index is 0.852. The topological polar surface area (TPSA) is 16.4 Å². The van der Waals surface area contributed by atoms with Crippen molar-refractivity contribution in [3.63, 3.8) is 0 Å². The van der Waals surface area contributed by atoms with E-state index in [4.69, 9.17) is 4.42 Å². The van der Waals surface area contributed by atoms with E-state index in [1.165, 1.54) is 80.3 Å². The predicted octanol–water partition coefficient (Wildman–Crippen LogP) is 17.9. The van der Waals surface area contributed by atoms with Crippen LogP contribution >= 0.6 is 11.3 Å². The molecule has 0 saturated carbocycles. The van der Waals surface area contributed by atoms with Gasteiger partial charge < -0.3 is 9.32 Å². The summed E-state index contributed by atoms with van der Waals surface area (Å²) < 4.78 is 9.67. The van der Waals surface area contributed by atoms with E-state index >= 15 is 0 Å². The smallest absolute Gasteiger partial charge is 0.160 e. The van der Waals surface area contributed by atoms with Crippen LogP contribution in [-0.4, -0.2) is 0 Å². The van der Waals surface area contributed by atoms with Gasteiger partial charge in [-0.25, -0.2) is 0 Å². The van der Waals surface area contributed by atoms with E-state index in [0.29, 0.717) is 0 Å². The summed E-state index contributed by atoms with van der Waals surface area (Å²) in [6, 6.07) is 81.6. The molecule has 0 N–H and O–H groups in total. The second-order valence-corrected chi connectivity index (χ2v) is 17.5. The number of para-hydroxylation sites is 1. The average Bonchev–Trinajstić information content (AvgIpc) is 3.94. The normalized spacial score (nSPS) is 11.8. The number of thiophene rings is 1. The Bertz CT molecular complexity index is 3920. The largest absolute Gasteiger partial charge is 0.454 e. The van der Waals surface area contributed by atoms with E-state index < -0.39 is 0 Å². The lowest BCUT2D eigenvalue weighted by Crippen LogP contribution is -2.10. The Kier molecular flexibility index (Phi) is 8.12. The Morgan fingerprint density at radius 2 is 0.952 bits per heavy atom. The Balaban J connectivity index is 1.06. The van der Waals surface area contributed by atoms with Gasteiger partial charge in [-0.3, -0.25) is 0 Å². The number of fused-ring (bicyclic) bond motifs is 10. The Labute approximate surface area is 368 Å². The van der Waals surface area contributed by atoms with Crippen molar-refractivity contribution in [2.45, 2.75) is 0 Å². The molecule has 0 radical (unpaired) electrons. The molecule has 0 atom stereocenters. The van der Waals surface area contributed by atoms with Gasteiger partial charge in [0.15, 0.2) is 5.58 Å². The van der Waals surface area contributed by atoms with E-state index in [2.05, 4.69) is 229 Å². The zero-order valence-electron chi connectivity index (χ0n) is 34.1. The van der Waals surface area contributed by atoms with E-state index in [0.717, 1.165) is 44.6 Å². The molecule has 3 heteroatoms. The van der Waals surface area contributed by atoms with Crippen molar-refractivity contribution in [2.75, 3.05) is 4.90 Å². The maximum absolute atomic E-state index is 7.10. The minimum absolute atomic E-state index is 0.852. The van der Waals surface area contributed by atoms with Gasteiger partial charge in [0.1, 0.15) is 5.58 Å². The molecule has 13 rings (SSSR count). The highest BCUT2D eigenvalue weighted by Crippen LogP contribution is 2.50. The van der Waals surface area contributed by atoms with Crippen molar-refractivity contribution in [2.24, 2.45) is 0 Å². The van der Waals surface area contributed by atoms with Crippen LogP contribution in [0.25, 0.3) is 108 Å². The number of benzene rings is 11. The van der Waals surface area contributed by atoms with Gasteiger partial charge in [0.25, 0.3) is 0 Å². The molecule has 0 aliphatic carbocycles. The van der Waals surface area contributed by atoms with E-state index in [1.54, 1.807) is 0 Å². The fourth-order valence-corrected chi connectivity index (χ4v) is 11.1. The zero-order chi connectivity index (χ0) is 41.4. The van der Waals surface area contributed by atoms with Crippen LogP contribution in [0.1, 0.15) is 0 Å². The second kappa shape index (κ2) is 14.3. The molecule has 0 spiro atoms. The molecule has 294 valence electrons. The van der Waals surface area contributed by atoms with E-state index in [9.17, 15) is 0 Å². The molecule has 2 heterocycles. The maximum atomic E-state index is 7.10. The molecule has 0 bridgehead atoms. The van der Waals surface area contributed by atoms with E-state index in [-0.39, 0.29) is 0 Å². The van der Waals surface area contributed by atoms with E-state index in [1.807, 2.05) is 11.3 Å². The van der Waals surface area contributed by atoms with Crippen molar-refractivity contribution in [1.29, 1.82) is 0 Å². The molecule has 0 unspecified atom stereocenters. The van der Waals surface area contributed by atoms with Gasteiger partial charge in [0, 0.05) is 42.3 Å². The van der Waals surface area contributed by atoms with Crippen LogP contribution in [0.5, 0.6) is 0 Å². The quantitative estimate of drug-likeness (QED) is 0.155. The maximum Gasteiger partial charge on any atom is 0.160 e. The molecular weight excluding hydrogens is 783 g/mol. The molecule has 2 aromatic heterocycles. The summed E-state index contributed by atoms with van der Waals surface area (Å²) in [5.74, 6) is 0. The summed E-state index contributed by atoms with van der Waals surface area (Å²) in [7, 11) is 0.